The standard InChI is InChI=1S/C22H25N3O4S2/c23-31(28,29)19-11-9-16(10-12-19)24-22-25(17-6-2-1-3-7-17)21(27)20(30-22)14-15-5-4-8-18(26)13-15/h4-5,8-13,17,20,26H,1-3,6-7,14H2,(H2,23,28,29). The first-order valence-corrected chi connectivity index (χ1v) is 12.7. The average Bonchev–Trinajstić information content (AvgIpc) is 3.03. The molecule has 2 fully saturated rings. The van der Waals surface area contributed by atoms with Crippen LogP contribution in [0.3, 0.4) is 0 Å². The first-order chi connectivity index (χ1) is 14.8. The van der Waals surface area contributed by atoms with E-state index in [2.05, 4.69) is 0 Å². The molecule has 2 aromatic rings. The van der Waals surface area contributed by atoms with Crippen molar-refractivity contribution in [3.63, 3.8) is 0 Å². The number of amidine groups is 1. The zero-order valence-electron chi connectivity index (χ0n) is 17.0. The van der Waals surface area contributed by atoms with Gasteiger partial charge in [0.2, 0.25) is 15.9 Å². The molecular weight excluding hydrogens is 434 g/mol. The Hall–Kier alpha value is -2.36. The highest BCUT2D eigenvalue weighted by atomic mass is 32.2. The third kappa shape index (κ3) is 5.11. The van der Waals surface area contributed by atoms with Gasteiger partial charge in [-0.2, -0.15) is 0 Å². The lowest BCUT2D eigenvalue weighted by molar-refractivity contribution is -0.128. The van der Waals surface area contributed by atoms with Gasteiger partial charge in [-0.15, -0.1) is 0 Å². The highest BCUT2D eigenvalue weighted by Gasteiger charge is 2.42. The number of rotatable bonds is 5. The summed E-state index contributed by atoms with van der Waals surface area (Å²) in [6, 6.07) is 13.1. The molecule has 7 nitrogen and oxygen atoms in total. The van der Waals surface area contributed by atoms with E-state index in [1.165, 1.54) is 30.3 Å². The van der Waals surface area contributed by atoms with Crippen LogP contribution in [-0.2, 0) is 21.2 Å². The van der Waals surface area contributed by atoms with Gasteiger partial charge in [0.15, 0.2) is 5.17 Å². The van der Waals surface area contributed by atoms with Crippen molar-refractivity contribution in [3.8, 4) is 5.75 Å². The summed E-state index contributed by atoms with van der Waals surface area (Å²) in [6.07, 6.45) is 5.77. The van der Waals surface area contributed by atoms with Gasteiger partial charge >= 0.3 is 0 Å². The fourth-order valence-electron chi connectivity index (χ4n) is 4.09. The van der Waals surface area contributed by atoms with E-state index in [0.29, 0.717) is 17.3 Å². The molecule has 1 saturated carbocycles. The summed E-state index contributed by atoms with van der Waals surface area (Å²) in [5.41, 5.74) is 1.47. The van der Waals surface area contributed by atoms with Crippen molar-refractivity contribution < 1.29 is 18.3 Å². The number of amides is 1. The Bertz CT molecular complexity index is 1090. The van der Waals surface area contributed by atoms with Crippen molar-refractivity contribution >= 4 is 38.5 Å². The summed E-state index contributed by atoms with van der Waals surface area (Å²) in [4.78, 5) is 19.9. The quantitative estimate of drug-likeness (QED) is 0.710. The fourth-order valence-corrected chi connectivity index (χ4v) is 5.86. The van der Waals surface area contributed by atoms with E-state index >= 15 is 0 Å². The zero-order valence-corrected chi connectivity index (χ0v) is 18.6. The van der Waals surface area contributed by atoms with Gasteiger partial charge in [-0.25, -0.2) is 18.5 Å². The zero-order chi connectivity index (χ0) is 22.0. The first kappa shape index (κ1) is 21.9. The lowest BCUT2D eigenvalue weighted by Gasteiger charge is -2.30. The number of nitrogens with zero attached hydrogens (tertiary/aromatic N) is 2. The van der Waals surface area contributed by atoms with Crippen molar-refractivity contribution in [3.05, 3.63) is 54.1 Å². The smallest absolute Gasteiger partial charge is 0.242 e. The largest absolute Gasteiger partial charge is 0.508 e. The van der Waals surface area contributed by atoms with Gasteiger partial charge in [0.25, 0.3) is 0 Å². The molecule has 1 atom stereocenters. The third-order valence-electron chi connectivity index (χ3n) is 5.63. The minimum absolute atomic E-state index is 0.0255. The summed E-state index contributed by atoms with van der Waals surface area (Å²) in [7, 11) is -3.77. The summed E-state index contributed by atoms with van der Waals surface area (Å²) < 4.78 is 23.0. The second-order valence-electron chi connectivity index (χ2n) is 7.91. The monoisotopic (exact) mass is 459 g/mol. The molecule has 1 aliphatic carbocycles. The molecule has 1 heterocycles. The molecule has 0 spiro atoms. The average molecular weight is 460 g/mol. The first-order valence-electron chi connectivity index (χ1n) is 10.3. The number of phenolic OH excluding ortho intramolecular Hbond substituents is 1. The number of hydrogen-bond acceptors (Lipinski definition) is 6. The maximum atomic E-state index is 13.3. The number of primary sulfonamides is 1. The number of nitrogens with two attached hydrogens (primary N) is 1. The molecule has 2 aromatic carbocycles. The van der Waals surface area contributed by atoms with Crippen LogP contribution in [0.1, 0.15) is 37.7 Å². The summed E-state index contributed by atoms with van der Waals surface area (Å²) >= 11 is 1.43. The Morgan fingerprint density at radius 3 is 2.45 bits per heavy atom. The van der Waals surface area contributed by atoms with Gasteiger partial charge in [0, 0.05) is 6.04 Å². The maximum absolute atomic E-state index is 13.3. The Morgan fingerprint density at radius 1 is 1.10 bits per heavy atom. The van der Waals surface area contributed by atoms with Crippen LogP contribution in [-0.4, -0.2) is 40.8 Å². The van der Waals surface area contributed by atoms with Crippen molar-refractivity contribution in [2.75, 3.05) is 0 Å². The number of thioether (sulfide) groups is 1. The molecule has 1 amide bonds. The van der Waals surface area contributed by atoms with Crippen LogP contribution in [0.4, 0.5) is 5.69 Å². The number of carbonyl (C=O) groups excluding carboxylic acids is 1. The van der Waals surface area contributed by atoms with Crippen molar-refractivity contribution in [2.45, 2.75) is 54.7 Å². The topological polar surface area (TPSA) is 113 Å². The molecule has 0 radical (unpaired) electrons. The van der Waals surface area contributed by atoms with E-state index in [4.69, 9.17) is 10.1 Å². The Labute approximate surface area is 186 Å². The van der Waals surface area contributed by atoms with Crippen LogP contribution in [0.5, 0.6) is 5.75 Å². The third-order valence-corrected chi connectivity index (χ3v) is 7.71. The molecule has 2 aliphatic rings. The SMILES string of the molecule is NS(=O)(=O)c1ccc(N=C2SC(Cc3cccc(O)c3)C(=O)N2C2CCCCC2)cc1. The van der Waals surface area contributed by atoms with E-state index in [1.807, 2.05) is 11.0 Å². The van der Waals surface area contributed by atoms with Crippen molar-refractivity contribution in [2.24, 2.45) is 10.1 Å². The second kappa shape index (κ2) is 9.02. The number of phenols is 1. The predicted molar refractivity (Wildman–Crippen MR) is 122 cm³/mol. The van der Waals surface area contributed by atoms with E-state index < -0.39 is 10.0 Å². The highest BCUT2D eigenvalue weighted by Crippen LogP contribution is 2.37. The van der Waals surface area contributed by atoms with E-state index in [-0.39, 0.29) is 27.8 Å². The Morgan fingerprint density at radius 2 is 1.81 bits per heavy atom. The minimum Gasteiger partial charge on any atom is -0.508 e. The van der Waals surface area contributed by atoms with Crippen LogP contribution in [0.25, 0.3) is 0 Å². The predicted octanol–water partition coefficient (Wildman–Crippen LogP) is 3.55. The maximum Gasteiger partial charge on any atom is 0.242 e. The minimum atomic E-state index is -3.77. The summed E-state index contributed by atoms with van der Waals surface area (Å²) in [5, 5.41) is 15.3. The molecule has 1 saturated heterocycles. The molecule has 164 valence electrons. The van der Waals surface area contributed by atoms with Crippen LogP contribution in [0.15, 0.2) is 58.4 Å². The van der Waals surface area contributed by atoms with Crippen molar-refractivity contribution in [1.82, 2.24) is 4.90 Å². The van der Waals surface area contributed by atoms with Crippen LogP contribution in [0.2, 0.25) is 0 Å². The lowest BCUT2D eigenvalue weighted by atomic mass is 9.94. The van der Waals surface area contributed by atoms with Gasteiger partial charge in [-0.1, -0.05) is 43.2 Å². The number of aliphatic imine (C=N–C) groups is 1. The Balaban J connectivity index is 1.62. The number of carbonyl (C=O) groups is 1. The lowest BCUT2D eigenvalue weighted by Crippen LogP contribution is -2.42. The van der Waals surface area contributed by atoms with Crippen LogP contribution >= 0.6 is 11.8 Å². The fraction of sp³-hybridized carbons (Fsp3) is 0.364. The normalized spacial score (nSPS) is 21.7. The number of benzene rings is 2. The van der Waals surface area contributed by atoms with Crippen LogP contribution in [0, 0.1) is 0 Å². The molecule has 4 rings (SSSR count). The van der Waals surface area contributed by atoms with E-state index in [1.54, 1.807) is 30.3 Å². The van der Waals surface area contributed by atoms with Gasteiger partial charge in [0.05, 0.1) is 15.8 Å². The van der Waals surface area contributed by atoms with Crippen LogP contribution < -0.4 is 5.14 Å². The van der Waals surface area contributed by atoms with Crippen molar-refractivity contribution in [1.29, 1.82) is 0 Å². The van der Waals surface area contributed by atoms with Gasteiger partial charge in [-0.05, 0) is 61.2 Å². The molecule has 3 N–H and O–H groups in total. The Kier molecular flexibility index (Phi) is 6.36. The summed E-state index contributed by atoms with van der Waals surface area (Å²) in [5.74, 6) is 0.223. The molecule has 1 unspecified atom stereocenters. The van der Waals surface area contributed by atoms with Gasteiger partial charge in [-0.3, -0.25) is 9.69 Å². The van der Waals surface area contributed by atoms with Gasteiger partial charge in [0.1, 0.15) is 5.75 Å². The molecule has 0 bridgehead atoms. The molecule has 0 aromatic heterocycles. The number of sulfonamides is 1. The molecule has 31 heavy (non-hydrogen) atoms. The number of aromatic hydroxyl groups is 1. The number of hydrogen-bond donors (Lipinski definition) is 2. The molecule has 9 heteroatoms. The molecule has 1 aliphatic heterocycles. The highest BCUT2D eigenvalue weighted by molar-refractivity contribution is 8.15. The second-order valence-corrected chi connectivity index (χ2v) is 10.6. The van der Waals surface area contributed by atoms with E-state index in [0.717, 1.165) is 31.2 Å². The van der Waals surface area contributed by atoms with Gasteiger partial charge < -0.3 is 5.11 Å². The molecular formula is C22H25N3O4S2. The van der Waals surface area contributed by atoms with E-state index in [9.17, 15) is 18.3 Å². The summed E-state index contributed by atoms with van der Waals surface area (Å²) in [6.45, 7) is 0.